The third kappa shape index (κ3) is 2.79. The van der Waals surface area contributed by atoms with Gasteiger partial charge >= 0.3 is 5.97 Å². The van der Waals surface area contributed by atoms with Crippen LogP contribution in [-0.4, -0.2) is 18.0 Å². The van der Waals surface area contributed by atoms with Gasteiger partial charge < -0.3 is 4.74 Å². The smallest absolute Gasteiger partial charge is 0.310 e. The van der Waals surface area contributed by atoms with Gasteiger partial charge in [-0.05, 0) is 18.6 Å². The van der Waals surface area contributed by atoms with Crippen molar-refractivity contribution in [3.05, 3.63) is 37.8 Å². The van der Waals surface area contributed by atoms with Gasteiger partial charge in [0.2, 0.25) is 0 Å². The molecule has 5 nitrogen and oxygen atoms in total. The quantitative estimate of drug-likeness (QED) is 0.486. The van der Waals surface area contributed by atoms with E-state index in [4.69, 9.17) is 0 Å². The largest absolute Gasteiger partial charge is 0.469 e. The lowest BCUT2D eigenvalue weighted by atomic mass is 10.1. The van der Waals surface area contributed by atoms with Crippen molar-refractivity contribution in [1.82, 2.24) is 0 Å². The van der Waals surface area contributed by atoms with Gasteiger partial charge in [0, 0.05) is 16.1 Å². The number of methoxy groups -OCH3 is 1. The first-order chi connectivity index (χ1) is 7.45. The van der Waals surface area contributed by atoms with Crippen LogP contribution >= 0.6 is 15.9 Å². The van der Waals surface area contributed by atoms with Gasteiger partial charge in [-0.1, -0.05) is 15.9 Å². The van der Waals surface area contributed by atoms with Crippen molar-refractivity contribution in [2.75, 3.05) is 7.11 Å². The molecule has 16 heavy (non-hydrogen) atoms. The Morgan fingerprint density at radius 3 is 2.69 bits per heavy atom. The zero-order valence-corrected chi connectivity index (χ0v) is 10.4. The van der Waals surface area contributed by atoms with Gasteiger partial charge in [-0.3, -0.25) is 14.9 Å². The average molecular weight is 288 g/mol. The van der Waals surface area contributed by atoms with Gasteiger partial charge in [0.05, 0.1) is 18.5 Å². The maximum atomic E-state index is 11.1. The summed E-state index contributed by atoms with van der Waals surface area (Å²) in [5.74, 6) is -0.381. The lowest BCUT2D eigenvalue weighted by molar-refractivity contribution is -0.385. The average Bonchev–Trinajstić information content (AvgIpc) is 2.22. The van der Waals surface area contributed by atoms with Crippen molar-refractivity contribution in [2.24, 2.45) is 0 Å². The Kier molecular flexibility index (Phi) is 4.00. The van der Waals surface area contributed by atoms with Gasteiger partial charge in [-0.15, -0.1) is 0 Å². The molecule has 6 heteroatoms. The van der Waals surface area contributed by atoms with Crippen LogP contribution in [0.5, 0.6) is 0 Å². The molecule has 0 spiro atoms. The van der Waals surface area contributed by atoms with Gasteiger partial charge in [0.25, 0.3) is 5.69 Å². The van der Waals surface area contributed by atoms with E-state index in [1.807, 2.05) is 0 Å². The number of nitrogens with zero attached hydrogens (tertiary/aromatic N) is 1. The zero-order valence-electron chi connectivity index (χ0n) is 8.82. The molecule has 0 aliphatic heterocycles. The van der Waals surface area contributed by atoms with Crippen molar-refractivity contribution in [1.29, 1.82) is 0 Å². The first kappa shape index (κ1) is 12.6. The molecule has 0 fully saturated rings. The molecule has 0 radical (unpaired) electrons. The Balaban J connectivity index is 3.10. The maximum Gasteiger partial charge on any atom is 0.310 e. The highest BCUT2D eigenvalue weighted by Crippen LogP contribution is 2.27. The summed E-state index contributed by atoms with van der Waals surface area (Å²) in [6.07, 6.45) is 0.0932. The van der Waals surface area contributed by atoms with Crippen molar-refractivity contribution in [2.45, 2.75) is 13.3 Å². The maximum absolute atomic E-state index is 11.1. The first-order valence-corrected chi connectivity index (χ1v) is 5.25. The van der Waals surface area contributed by atoms with E-state index in [1.165, 1.54) is 13.2 Å². The van der Waals surface area contributed by atoms with Crippen LogP contribution in [0.4, 0.5) is 5.69 Å². The first-order valence-electron chi connectivity index (χ1n) is 4.46. The summed E-state index contributed by atoms with van der Waals surface area (Å²) in [5.41, 5.74) is 1.22. The van der Waals surface area contributed by atoms with E-state index < -0.39 is 4.92 Å². The third-order valence-corrected chi connectivity index (χ3v) is 2.86. The number of carbonyl (C=O) groups excluding carboxylic acids is 1. The Hall–Kier alpha value is -1.43. The summed E-state index contributed by atoms with van der Waals surface area (Å²) in [4.78, 5) is 21.3. The molecule has 0 aliphatic rings. The fraction of sp³-hybridized carbons (Fsp3) is 0.300. The number of ether oxygens (including phenoxy) is 1. The molecule has 0 N–H and O–H groups in total. The van der Waals surface area contributed by atoms with Crippen LogP contribution in [-0.2, 0) is 16.0 Å². The SMILES string of the molecule is COC(=O)Cc1cc(C)c([N+](=O)[O-])cc1Br. The Labute approximate surface area is 101 Å². The minimum Gasteiger partial charge on any atom is -0.469 e. The summed E-state index contributed by atoms with van der Waals surface area (Å²) < 4.78 is 5.07. The summed E-state index contributed by atoms with van der Waals surface area (Å²) in [6.45, 7) is 1.63. The highest BCUT2D eigenvalue weighted by molar-refractivity contribution is 9.10. The summed E-state index contributed by atoms with van der Waals surface area (Å²) in [7, 11) is 1.30. The van der Waals surface area contributed by atoms with Crippen LogP contribution in [0, 0.1) is 17.0 Å². The molecular formula is C10H10BrNO4. The van der Waals surface area contributed by atoms with Crippen molar-refractivity contribution in [3.63, 3.8) is 0 Å². The van der Waals surface area contributed by atoms with E-state index >= 15 is 0 Å². The predicted molar refractivity (Wildman–Crippen MR) is 61.3 cm³/mol. The van der Waals surface area contributed by atoms with Gasteiger partial charge in [-0.2, -0.15) is 0 Å². The monoisotopic (exact) mass is 287 g/mol. The number of hydrogen-bond donors (Lipinski definition) is 0. The number of nitro benzene ring substituents is 1. The fourth-order valence-electron chi connectivity index (χ4n) is 1.29. The van der Waals surface area contributed by atoms with E-state index in [0.29, 0.717) is 15.6 Å². The van der Waals surface area contributed by atoms with E-state index in [9.17, 15) is 14.9 Å². The molecule has 0 unspecified atom stereocenters. The number of aryl methyl sites for hydroxylation is 1. The third-order valence-electron chi connectivity index (χ3n) is 2.12. The normalized spacial score (nSPS) is 9.94. The molecule has 0 atom stereocenters. The van der Waals surface area contributed by atoms with Gasteiger partial charge in [0.15, 0.2) is 0 Å². The van der Waals surface area contributed by atoms with Gasteiger partial charge in [0.1, 0.15) is 0 Å². The minimum atomic E-state index is -0.456. The predicted octanol–water partition coefficient (Wildman–Crippen LogP) is 2.38. The van der Waals surface area contributed by atoms with Gasteiger partial charge in [-0.25, -0.2) is 0 Å². The topological polar surface area (TPSA) is 69.4 Å². The lowest BCUT2D eigenvalue weighted by Crippen LogP contribution is -2.06. The number of carbonyl (C=O) groups is 1. The minimum absolute atomic E-state index is 0.0282. The van der Waals surface area contributed by atoms with E-state index in [2.05, 4.69) is 20.7 Å². The molecular weight excluding hydrogens is 278 g/mol. The molecule has 0 bridgehead atoms. The molecule has 86 valence electrons. The second-order valence-corrected chi connectivity index (χ2v) is 4.09. The van der Waals surface area contributed by atoms with E-state index in [1.54, 1.807) is 13.0 Å². The Morgan fingerprint density at radius 2 is 2.19 bits per heavy atom. The number of esters is 1. The zero-order chi connectivity index (χ0) is 12.3. The number of halogens is 1. The Morgan fingerprint density at radius 1 is 1.56 bits per heavy atom. The summed E-state index contributed by atoms with van der Waals surface area (Å²) >= 11 is 3.20. The molecule has 0 heterocycles. The van der Waals surface area contributed by atoms with Crippen LogP contribution in [0.25, 0.3) is 0 Å². The highest BCUT2D eigenvalue weighted by atomic mass is 79.9. The van der Waals surface area contributed by atoms with Crippen molar-refractivity contribution >= 4 is 27.6 Å². The van der Waals surface area contributed by atoms with Crippen molar-refractivity contribution < 1.29 is 14.5 Å². The van der Waals surface area contributed by atoms with Crippen LogP contribution in [0.3, 0.4) is 0 Å². The number of benzene rings is 1. The molecule has 1 aromatic carbocycles. The number of hydrogen-bond acceptors (Lipinski definition) is 4. The molecule has 0 aromatic heterocycles. The summed E-state index contributed by atoms with van der Waals surface area (Å²) in [5, 5.41) is 10.7. The van der Waals surface area contributed by atoms with Crippen LogP contribution in [0.15, 0.2) is 16.6 Å². The van der Waals surface area contributed by atoms with E-state index in [-0.39, 0.29) is 18.1 Å². The van der Waals surface area contributed by atoms with Crippen molar-refractivity contribution in [3.8, 4) is 0 Å². The molecule has 0 saturated heterocycles. The standard InChI is InChI=1S/C10H10BrNO4/c1-6-3-7(4-10(13)16-2)8(11)5-9(6)12(14)15/h3,5H,4H2,1-2H3. The van der Waals surface area contributed by atoms with Crippen LogP contribution in [0.2, 0.25) is 0 Å². The summed E-state index contributed by atoms with van der Waals surface area (Å²) in [6, 6.07) is 3.01. The highest BCUT2D eigenvalue weighted by Gasteiger charge is 2.15. The molecule has 0 saturated carbocycles. The number of rotatable bonds is 3. The molecule has 1 rings (SSSR count). The Bertz CT molecular complexity index is 445. The molecule has 0 aliphatic carbocycles. The van der Waals surface area contributed by atoms with Crippen LogP contribution in [0.1, 0.15) is 11.1 Å². The van der Waals surface area contributed by atoms with E-state index in [0.717, 1.165) is 0 Å². The second-order valence-electron chi connectivity index (χ2n) is 3.24. The second kappa shape index (κ2) is 5.07. The lowest BCUT2D eigenvalue weighted by Gasteiger charge is -2.05. The van der Waals surface area contributed by atoms with Crippen LogP contribution < -0.4 is 0 Å². The molecule has 1 aromatic rings. The molecule has 0 amide bonds. The fourth-order valence-corrected chi connectivity index (χ4v) is 1.76. The number of nitro groups is 1.